The van der Waals surface area contributed by atoms with Crippen molar-refractivity contribution >= 4 is 30.7 Å². The van der Waals surface area contributed by atoms with E-state index in [1.54, 1.807) is 53.4 Å². The van der Waals surface area contributed by atoms with Crippen LogP contribution in [0, 0.1) is 11.3 Å². The number of imidazole rings is 1. The Kier molecular flexibility index (Phi) is 5.75. The lowest BCUT2D eigenvalue weighted by Crippen LogP contribution is -2.21. The van der Waals surface area contributed by atoms with E-state index in [1.165, 1.54) is 16.8 Å². The van der Waals surface area contributed by atoms with Gasteiger partial charge in [-0.05, 0) is 42.0 Å². The molecule has 0 saturated carbocycles. The molecule has 0 aliphatic heterocycles. The number of aromatic nitrogens is 4. The molecule has 2 aromatic heterocycles. The highest BCUT2D eigenvalue weighted by molar-refractivity contribution is 7.46. The Morgan fingerprint density at radius 1 is 1.22 bits per heavy atom. The highest BCUT2D eigenvalue weighted by Gasteiger charge is 2.17. The van der Waals surface area contributed by atoms with Crippen molar-refractivity contribution in [1.29, 1.82) is 5.26 Å². The quantitative estimate of drug-likeness (QED) is 0.361. The number of benzene rings is 2. The van der Waals surface area contributed by atoms with Crippen LogP contribution < -0.4 is 9.84 Å². The van der Waals surface area contributed by atoms with E-state index in [9.17, 15) is 14.6 Å². The Morgan fingerprint density at radius 3 is 2.66 bits per heavy atom. The van der Waals surface area contributed by atoms with Crippen LogP contribution in [0.15, 0.2) is 60.9 Å². The van der Waals surface area contributed by atoms with Crippen LogP contribution in [0.1, 0.15) is 11.1 Å². The molecule has 162 valence electrons. The maximum atomic E-state index is 12.5. The van der Waals surface area contributed by atoms with Crippen molar-refractivity contribution < 1.29 is 23.7 Å². The van der Waals surface area contributed by atoms with Crippen molar-refractivity contribution in [3.05, 3.63) is 72.1 Å². The number of phosphoric ester groups is 1. The second-order valence-corrected chi connectivity index (χ2v) is 7.98. The molecule has 32 heavy (non-hydrogen) atoms. The lowest BCUT2D eigenvalue weighted by atomic mass is 10.2. The molecule has 0 radical (unpaired) electrons. The van der Waals surface area contributed by atoms with E-state index in [1.807, 2.05) is 0 Å². The third-order valence-electron chi connectivity index (χ3n) is 4.48. The number of nitriles is 1. The molecule has 0 atom stereocenters. The Labute approximate surface area is 181 Å². The molecule has 0 fully saturated rings. The van der Waals surface area contributed by atoms with Crippen LogP contribution in [0.25, 0.3) is 11.0 Å². The molecule has 2 aromatic carbocycles. The monoisotopic (exact) mass is 452 g/mol. The zero-order valence-corrected chi connectivity index (χ0v) is 17.4. The van der Waals surface area contributed by atoms with Gasteiger partial charge in [0.15, 0.2) is 0 Å². The summed E-state index contributed by atoms with van der Waals surface area (Å²) in [5.41, 5.74) is 2.46. The van der Waals surface area contributed by atoms with Crippen molar-refractivity contribution in [1.82, 2.24) is 19.3 Å². The lowest BCUT2D eigenvalue weighted by molar-refractivity contribution is -0.117. The van der Waals surface area contributed by atoms with Crippen molar-refractivity contribution in [3.8, 4) is 11.8 Å². The van der Waals surface area contributed by atoms with E-state index in [4.69, 9.17) is 9.79 Å². The summed E-state index contributed by atoms with van der Waals surface area (Å²) < 4.78 is 18.8. The minimum atomic E-state index is -4.64. The summed E-state index contributed by atoms with van der Waals surface area (Å²) in [6.07, 6.45) is 3.24. The molecule has 4 rings (SSSR count). The summed E-state index contributed by atoms with van der Waals surface area (Å²) in [4.78, 5) is 34.8. The third kappa shape index (κ3) is 5.01. The highest BCUT2D eigenvalue weighted by Crippen LogP contribution is 2.37. The third-order valence-corrected chi connectivity index (χ3v) is 4.93. The Hall–Kier alpha value is -3.97. The number of carbonyl (C=O) groups excluding carboxylic acids is 1. The van der Waals surface area contributed by atoms with Gasteiger partial charge in [0, 0.05) is 12.4 Å². The first-order chi connectivity index (χ1) is 15.3. The van der Waals surface area contributed by atoms with E-state index < -0.39 is 7.82 Å². The molecular weight excluding hydrogens is 435 g/mol. The van der Waals surface area contributed by atoms with Crippen LogP contribution in [0.3, 0.4) is 0 Å². The van der Waals surface area contributed by atoms with E-state index in [2.05, 4.69) is 26.0 Å². The molecule has 0 unspecified atom stereocenters. The second-order valence-electron chi connectivity index (χ2n) is 6.81. The van der Waals surface area contributed by atoms with Crippen LogP contribution in [-0.4, -0.2) is 35.0 Å². The number of nitrogens with zero attached hydrogens (tertiary/aromatic N) is 5. The molecule has 0 saturated heterocycles. The Bertz CT molecular complexity index is 1350. The summed E-state index contributed by atoms with van der Waals surface area (Å²) in [6, 6.07) is 15.0. The van der Waals surface area contributed by atoms with Crippen molar-refractivity contribution in [2.24, 2.45) is 0 Å². The minimum Gasteiger partial charge on any atom is -0.404 e. The number of hydrogen-bond donors (Lipinski definition) is 3. The smallest absolute Gasteiger partial charge is 0.404 e. The standard InChI is InChI=1S/C20H17N6O5P/c21-11-15-4-7-18-17(10-15)23-20(24-19(27)13-25-9-1-8-22-25)26(18)12-14-2-5-16(6-3-14)31-32(28,29)30/h1-10H,12-13H2,(H,23,24,27)(H2,28,29,30). The van der Waals surface area contributed by atoms with Crippen LogP contribution in [-0.2, 0) is 22.4 Å². The summed E-state index contributed by atoms with van der Waals surface area (Å²) >= 11 is 0. The molecule has 0 aliphatic rings. The fourth-order valence-electron chi connectivity index (χ4n) is 3.14. The van der Waals surface area contributed by atoms with Gasteiger partial charge >= 0.3 is 7.82 Å². The minimum absolute atomic E-state index is 0.00800. The largest absolute Gasteiger partial charge is 0.524 e. The van der Waals surface area contributed by atoms with Gasteiger partial charge in [-0.15, -0.1) is 0 Å². The van der Waals surface area contributed by atoms with Crippen molar-refractivity contribution in [2.45, 2.75) is 13.1 Å². The van der Waals surface area contributed by atoms with E-state index in [-0.39, 0.29) is 18.2 Å². The SMILES string of the molecule is N#Cc1ccc2c(c1)nc(NC(=O)Cn1cccn1)n2Cc1ccc(OP(=O)(O)O)cc1. The predicted molar refractivity (Wildman–Crippen MR) is 114 cm³/mol. The average Bonchev–Trinajstić information content (AvgIpc) is 3.36. The highest BCUT2D eigenvalue weighted by atomic mass is 31.2. The van der Waals surface area contributed by atoms with Gasteiger partial charge in [0.2, 0.25) is 11.9 Å². The molecule has 3 N–H and O–H groups in total. The van der Waals surface area contributed by atoms with Crippen molar-refractivity contribution in [3.63, 3.8) is 0 Å². The van der Waals surface area contributed by atoms with Crippen LogP contribution in [0.5, 0.6) is 5.75 Å². The number of nitrogens with one attached hydrogen (secondary N) is 1. The molecular formula is C20H17N6O5P. The zero-order valence-electron chi connectivity index (χ0n) is 16.5. The number of phosphoric acid groups is 1. The van der Waals surface area contributed by atoms with Gasteiger partial charge in [0.05, 0.1) is 29.2 Å². The molecule has 1 amide bonds. The number of anilines is 1. The Balaban J connectivity index is 1.64. The summed E-state index contributed by atoms with van der Waals surface area (Å²) in [7, 11) is -4.64. The van der Waals surface area contributed by atoms with Gasteiger partial charge in [-0.25, -0.2) is 9.55 Å². The molecule has 0 aliphatic carbocycles. The number of rotatable bonds is 7. The van der Waals surface area contributed by atoms with Gasteiger partial charge in [-0.3, -0.25) is 24.6 Å². The first-order valence-corrected chi connectivity index (χ1v) is 10.9. The van der Waals surface area contributed by atoms with Crippen LogP contribution in [0.4, 0.5) is 5.95 Å². The van der Waals surface area contributed by atoms with Crippen molar-refractivity contribution in [2.75, 3.05) is 5.32 Å². The van der Waals surface area contributed by atoms with Gasteiger partial charge in [0.1, 0.15) is 12.3 Å². The number of amides is 1. The fraction of sp³-hybridized carbons (Fsp3) is 0.100. The lowest BCUT2D eigenvalue weighted by Gasteiger charge is -2.12. The molecule has 4 aromatic rings. The summed E-state index contributed by atoms with van der Waals surface area (Å²) in [5, 5.41) is 16.0. The van der Waals surface area contributed by atoms with E-state index in [0.29, 0.717) is 29.1 Å². The second kappa shape index (κ2) is 8.64. The van der Waals surface area contributed by atoms with Gasteiger partial charge in [-0.1, -0.05) is 12.1 Å². The maximum absolute atomic E-state index is 12.5. The number of carbonyl (C=O) groups is 1. The average molecular weight is 452 g/mol. The van der Waals surface area contributed by atoms with Gasteiger partial charge in [-0.2, -0.15) is 10.4 Å². The normalized spacial score (nSPS) is 11.3. The molecule has 11 nitrogen and oxygen atoms in total. The first kappa shape index (κ1) is 21.3. The topological polar surface area (TPSA) is 155 Å². The zero-order chi connectivity index (χ0) is 22.7. The fourth-order valence-corrected chi connectivity index (χ4v) is 3.53. The number of fused-ring (bicyclic) bond motifs is 1. The van der Waals surface area contributed by atoms with E-state index in [0.717, 1.165) is 5.56 Å². The number of hydrogen-bond acceptors (Lipinski definition) is 6. The van der Waals surface area contributed by atoms with Crippen LogP contribution >= 0.6 is 7.82 Å². The van der Waals surface area contributed by atoms with Gasteiger partial charge < -0.3 is 9.09 Å². The molecule has 0 spiro atoms. The summed E-state index contributed by atoms with van der Waals surface area (Å²) in [5.74, 6) is 0.00271. The Morgan fingerprint density at radius 2 is 2.00 bits per heavy atom. The van der Waals surface area contributed by atoms with Crippen LogP contribution in [0.2, 0.25) is 0 Å². The maximum Gasteiger partial charge on any atom is 0.524 e. The first-order valence-electron chi connectivity index (χ1n) is 9.32. The summed E-state index contributed by atoms with van der Waals surface area (Å²) in [6.45, 7) is 0.310. The van der Waals surface area contributed by atoms with Gasteiger partial charge in [0.25, 0.3) is 0 Å². The molecule has 12 heteroatoms. The molecule has 0 bridgehead atoms. The van der Waals surface area contributed by atoms with E-state index >= 15 is 0 Å². The molecule has 2 heterocycles. The predicted octanol–water partition coefficient (Wildman–Crippen LogP) is 2.26.